The fourth-order valence-electron chi connectivity index (χ4n) is 0.967. The molecule has 0 spiro atoms. The topological polar surface area (TPSA) is 46.5 Å². The normalized spacial score (nSPS) is 16.0. The Balaban J connectivity index is 6.12. The Kier molecular flexibility index (Phi) is 5.58. The van der Waals surface area contributed by atoms with Gasteiger partial charge in [0.15, 0.2) is 0 Å². The Morgan fingerprint density at radius 3 is 1.15 bits per heavy atom. The summed E-state index contributed by atoms with van der Waals surface area (Å²) in [6.45, 7) is 0. The third kappa shape index (κ3) is 3.34. The molecule has 0 aliphatic rings. The Morgan fingerprint density at radius 1 is 0.577 bits per heavy atom. The van der Waals surface area contributed by atoms with E-state index in [4.69, 9.17) is 5.11 Å². The lowest BCUT2D eigenvalue weighted by Gasteiger charge is -2.37. The molecule has 26 heavy (non-hydrogen) atoms. The van der Waals surface area contributed by atoms with Gasteiger partial charge in [-0.2, -0.15) is 65.9 Å². The molecule has 18 heteroatoms. The highest BCUT2D eigenvalue weighted by Crippen LogP contribution is 2.56. The molecule has 0 bridgehead atoms. The molecule has 0 saturated heterocycles. The fourth-order valence-corrected chi connectivity index (χ4v) is 0.967. The molecule has 0 unspecified atom stereocenters. The minimum absolute atomic E-state index is 1.18. The van der Waals surface area contributed by atoms with E-state index in [0.717, 1.165) is 0 Å². The van der Waals surface area contributed by atoms with Crippen LogP contribution in [0, 0.1) is 0 Å². The number of carboxylic acids is 1. The van der Waals surface area contributed by atoms with Gasteiger partial charge in [0.2, 0.25) is 0 Å². The summed E-state index contributed by atoms with van der Waals surface area (Å²) in [5.41, 5.74) is 0. The van der Waals surface area contributed by atoms with Gasteiger partial charge in [-0.3, -0.25) is 0 Å². The van der Waals surface area contributed by atoms with Crippen molar-refractivity contribution in [1.82, 2.24) is 0 Å². The van der Waals surface area contributed by atoms with Gasteiger partial charge in [-0.25, -0.2) is 9.53 Å². The summed E-state index contributed by atoms with van der Waals surface area (Å²) in [7, 11) is 0. The first kappa shape index (κ1) is 24.4. The predicted molar refractivity (Wildman–Crippen MR) is 44.5 cm³/mol. The Bertz CT molecular complexity index is 548. The molecule has 0 amide bonds. The van der Waals surface area contributed by atoms with Crippen molar-refractivity contribution in [2.24, 2.45) is 0 Å². The summed E-state index contributed by atoms with van der Waals surface area (Å²) < 4.78 is 187. The van der Waals surface area contributed by atoms with Crippen LogP contribution in [0.4, 0.5) is 65.9 Å². The maximum atomic E-state index is 12.7. The number of hydrogen-bond acceptors (Lipinski definition) is 2. The van der Waals surface area contributed by atoms with Crippen molar-refractivity contribution in [3.05, 3.63) is 0 Å². The molecular weight excluding hydrogens is 429 g/mol. The summed E-state index contributed by atoms with van der Waals surface area (Å²) in [6, 6.07) is 0. The standard InChI is InChI=1S/C8HF15O3/c9-2(10,1(24)25)3(11,12)7(20,21)26-8(22,23)5(15,16)4(13,14)6(17,18)19/h(H,24,25). The van der Waals surface area contributed by atoms with Gasteiger partial charge in [0, 0.05) is 0 Å². The van der Waals surface area contributed by atoms with E-state index in [1.54, 1.807) is 0 Å². The van der Waals surface area contributed by atoms with Crippen molar-refractivity contribution < 1.29 is 80.5 Å². The lowest BCUT2D eigenvalue weighted by atomic mass is 10.1. The highest BCUT2D eigenvalue weighted by atomic mass is 19.4. The van der Waals surface area contributed by atoms with Crippen molar-refractivity contribution in [1.29, 1.82) is 0 Å². The number of rotatable bonds is 7. The maximum absolute atomic E-state index is 12.7. The van der Waals surface area contributed by atoms with E-state index in [1.165, 1.54) is 4.74 Å². The summed E-state index contributed by atoms with van der Waals surface area (Å²) in [4.78, 5) is 9.74. The molecule has 0 saturated carbocycles. The molecule has 1 N–H and O–H groups in total. The van der Waals surface area contributed by atoms with Gasteiger partial charge >= 0.3 is 48.1 Å². The average molecular weight is 430 g/mol. The van der Waals surface area contributed by atoms with Crippen molar-refractivity contribution in [3.63, 3.8) is 0 Å². The second-order valence-corrected chi connectivity index (χ2v) is 4.24. The fraction of sp³-hybridized carbons (Fsp3) is 0.875. The largest absolute Gasteiger partial charge is 0.477 e. The molecule has 156 valence electrons. The van der Waals surface area contributed by atoms with Crippen LogP contribution in [0.25, 0.3) is 0 Å². The van der Waals surface area contributed by atoms with Gasteiger partial charge in [-0.05, 0) is 0 Å². The van der Waals surface area contributed by atoms with E-state index < -0.39 is 48.1 Å². The summed E-state index contributed by atoms with van der Waals surface area (Å²) in [6.07, 6.45) is -23.0. The molecule has 0 aromatic rings. The summed E-state index contributed by atoms with van der Waals surface area (Å²) in [5.74, 6) is -34.6. The Labute approximate surface area is 130 Å². The van der Waals surface area contributed by atoms with Crippen LogP contribution in [-0.4, -0.2) is 53.2 Å². The van der Waals surface area contributed by atoms with Crippen LogP contribution in [0.3, 0.4) is 0 Å². The van der Waals surface area contributed by atoms with E-state index in [9.17, 15) is 70.7 Å². The molecule has 0 aromatic heterocycles. The number of alkyl halides is 15. The number of aliphatic carboxylic acids is 1. The monoisotopic (exact) mass is 430 g/mol. The smallest absolute Gasteiger partial charge is 0.460 e. The molecule has 3 nitrogen and oxygen atoms in total. The van der Waals surface area contributed by atoms with Crippen LogP contribution >= 0.6 is 0 Å². The molecule has 0 heterocycles. The second-order valence-electron chi connectivity index (χ2n) is 4.24. The van der Waals surface area contributed by atoms with Crippen molar-refractivity contribution in [2.75, 3.05) is 0 Å². The van der Waals surface area contributed by atoms with Crippen LogP contribution in [0.5, 0.6) is 0 Å². The minimum atomic E-state index is -8.00. The number of halogens is 15. The molecule has 0 aromatic carbocycles. The molecule has 0 fully saturated rings. The van der Waals surface area contributed by atoms with Crippen molar-refractivity contribution in [3.8, 4) is 0 Å². The third-order valence-electron chi connectivity index (χ3n) is 2.40. The minimum Gasteiger partial charge on any atom is -0.477 e. The summed E-state index contributed by atoms with van der Waals surface area (Å²) in [5, 5.41) is 7.61. The number of carboxylic acid groups (broad SMARTS) is 1. The zero-order valence-electron chi connectivity index (χ0n) is 10.9. The van der Waals surface area contributed by atoms with Crippen LogP contribution in [0.2, 0.25) is 0 Å². The van der Waals surface area contributed by atoms with Crippen LogP contribution in [-0.2, 0) is 9.53 Å². The number of hydrogen-bond donors (Lipinski definition) is 1. The molecule has 0 aliphatic carbocycles. The van der Waals surface area contributed by atoms with Gasteiger partial charge in [0.1, 0.15) is 0 Å². The first-order valence-corrected chi connectivity index (χ1v) is 5.17. The maximum Gasteiger partial charge on any atom is 0.460 e. The van der Waals surface area contributed by atoms with E-state index in [1.807, 2.05) is 0 Å². The van der Waals surface area contributed by atoms with Gasteiger partial charge < -0.3 is 5.11 Å². The van der Waals surface area contributed by atoms with E-state index in [0.29, 0.717) is 0 Å². The third-order valence-corrected chi connectivity index (χ3v) is 2.40. The van der Waals surface area contributed by atoms with E-state index in [2.05, 4.69) is 0 Å². The van der Waals surface area contributed by atoms with E-state index >= 15 is 0 Å². The SMILES string of the molecule is O=C(O)C(F)(F)C(F)(F)C(F)(F)OC(F)(F)C(F)(F)C(F)(F)C(F)(F)F. The summed E-state index contributed by atoms with van der Waals surface area (Å²) >= 11 is 0. The van der Waals surface area contributed by atoms with Gasteiger partial charge in [0.05, 0.1) is 0 Å². The lowest BCUT2D eigenvalue weighted by Crippen LogP contribution is -2.66. The number of ether oxygens (including phenoxy) is 1. The molecule has 0 aliphatic heterocycles. The Hall–Kier alpha value is -1.62. The first-order valence-electron chi connectivity index (χ1n) is 5.17. The van der Waals surface area contributed by atoms with Crippen LogP contribution in [0.1, 0.15) is 0 Å². The zero-order valence-corrected chi connectivity index (χ0v) is 10.9. The quantitative estimate of drug-likeness (QED) is 0.611. The number of carbonyl (C=O) groups is 1. The Morgan fingerprint density at radius 2 is 0.885 bits per heavy atom. The lowest BCUT2D eigenvalue weighted by molar-refractivity contribution is -0.511. The average Bonchev–Trinajstić information content (AvgIpc) is 2.34. The van der Waals surface area contributed by atoms with Crippen molar-refractivity contribution >= 4 is 5.97 Å². The molecule has 0 atom stereocenters. The predicted octanol–water partition coefficient (Wildman–Crippen LogP) is 4.38. The zero-order chi connectivity index (χ0) is 21.8. The van der Waals surface area contributed by atoms with Gasteiger partial charge in [-0.1, -0.05) is 0 Å². The van der Waals surface area contributed by atoms with Gasteiger partial charge in [0.25, 0.3) is 0 Å². The highest BCUT2D eigenvalue weighted by molar-refractivity contribution is 5.76. The van der Waals surface area contributed by atoms with Crippen molar-refractivity contribution in [2.45, 2.75) is 42.1 Å². The van der Waals surface area contributed by atoms with Gasteiger partial charge in [-0.15, -0.1) is 0 Å². The highest BCUT2D eigenvalue weighted by Gasteiger charge is 2.86. The molecule has 0 rings (SSSR count). The first-order chi connectivity index (χ1) is 10.9. The van der Waals surface area contributed by atoms with Crippen LogP contribution < -0.4 is 0 Å². The molecule has 0 radical (unpaired) electrons. The van der Waals surface area contributed by atoms with Crippen LogP contribution in [0.15, 0.2) is 0 Å². The molecular formula is C8HF15O3. The van der Waals surface area contributed by atoms with E-state index in [-0.39, 0.29) is 0 Å². The second kappa shape index (κ2) is 5.95.